The van der Waals surface area contributed by atoms with E-state index in [1.54, 1.807) is 14.0 Å². The number of ether oxygens (including phenoxy) is 3. The monoisotopic (exact) mass is 306 g/mol. The highest BCUT2D eigenvalue weighted by Gasteiger charge is 2.17. The zero-order valence-electron chi connectivity index (χ0n) is 13.4. The van der Waals surface area contributed by atoms with Crippen LogP contribution in [-0.2, 0) is 14.3 Å². The van der Waals surface area contributed by atoms with Crippen LogP contribution in [0.25, 0.3) is 5.57 Å². The molecule has 0 aliphatic heterocycles. The molecule has 0 bridgehead atoms. The van der Waals surface area contributed by atoms with Crippen LogP contribution in [0.15, 0.2) is 30.3 Å². The Morgan fingerprint density at radius 2 is 1.82 bits per heavy atom. The second kappa shape index (κ2) is 8.87. The van der Waals surface area contributed by atoms with Gasteiger partial charge in [-0.2, -0.15) is 0 Å². The van der Waals surface area contributed by atoms with Gasteiger partial charge in [0.25, 0.3) is 0 Å². The van der Waals surface area contributed by atoms with E-state index >= 15 is 0 Å². The van der Waals surface area contributed by atoms with E-state index < -0.39 is 18.0 Å². The zero-order chi connectivity index (χ0) is 16.5. The molecule has 1 aromatic rings. The molecule has 0 radical (unpaired) electrons. The third kappa shape index (κ3) is 5.24. The maximum Gasteiger partial charge on any atom is 0.515 e. The summed E-state index contributed by atoms with van der Waals surface area (Å²) in [5.74, 6) is -0.207. The Morgan fingerprint density at radius 3 is 2.32 bits per heavy atom. The summed E-state index contributed by atoms with van der Waals surface area (Å²) in [6, 6.07) is 7.75. The summed E-state index contributed by atoms with van der Waals surface area (Å²) in [5, 5.41) is 0. The quantitative estimate of drug-likeness (QED) is 0.590. The van der Waals surface area contributed by atoms with Crippen LogP contribution in [-0.4, -0.2) is 26.3 Å². The molecule has 0 heterocycles. The molecule has 0 N–H and O–H groups in total. The first-order chi connectivity index (χ1) is 10.5. The van der Waals surface area contributed by atoms with Crippen molar-refractivity contribution < 1.29 is 23.8 Å². The average molecular weight is 306 g/mol. The fourth-order valence-electron chi connectivity index (χ4n) is 1.91. The number of methoxy groups -OCH3 is 2. The molecule has 0 fully saturated rings. The number of carbonyl (C=O) groups excluding carboxylic acids is 2. The molecular formula is C17H22O5. The lowest BCUT2D eigenvalue weighted by Gasteiger charge is -2.10. The van der Waals surface area contributed by atoms with Crippen molar-refractivity contribution in [3.05, 3.63) is 35.9 Å². The molecule has 120 valence electrons. The van der Waals surface area contributed by atoms with Crippen LogP contribution < -0.4 is 4.74 Å². The summed E-state index contributed by atoms with van der Waals surface area (Å²) in [6.07, 6.45) is 2.34. The predicted molar refractivity (Wildman–Crippen MR) is 83.5 cm³/mol. The van der Waals surface area contributed by atoms with Crippen molar-refractivity contribution in [2.75, 3.05) is 14.2 Å². The standard InChI is InChI=1S/C17H22O5/c1-5-13(14-8-10-15(20-3)11-9-14)7-6-12(2)16(18)22-17(19)21-4/h7-12H,5-6H2,1-4H3/b13-7+. The summed E-state index contributed by atoms with van der Waals surface area (Å²) in [5.41, 5.74) is 2.21. The van der Waals surface area contributed by atoms with Crippen molar-refractivity contribution in [2.45, 2.75) is 26.7 Å². The van der Waals surface area contributed by atoms with Gasteiger partial charge in [-0.05, 0) is 36.1 Å². The molecule has 0 aliphatic carbocycles. The fraction of sp³-hybridized carbons (Fsp3) is 0.412. The van der Waals surface area contributed by atoms with Crippen LogP contribution in [0.1, 0.15) is 32.3 Å². The highest BCUT2D eigenvalue weighted by atomic mass is 16.7. The van der Waals surface area contributed by atoms with Crippen LogP contribution in [0.2, 0.25) is 0 Å². The number of allylic oxidation sites excluding steroid dienone is 2. The molecule has 0 saturated heterocycles. The Balaban J connectivity index is 2.71. The van der Waals surface area contributed by atoms with Gasteiger partial charge in [-0.1, -0.05) is 32.1 Å². The number of rotatable bonds is 6. The number of esters is 1. The Morgan fingerprint density at radius 1 is 1.18 bits per heavy atom. The van der Waals surface area contributed by atoms with Crippen molar-refractivity contribution in [1.82, 2.24) is 0 Å². The SMILES string of the molecule is CC/C(=C\CC(C)C(=O)OC(=O)OC)c1ccc(OC)cc1. The lowest BCUT2D eigenvalue weighted by molar-refractivity contribution is -0.143. The van der Waals surface area contributed by atoms with Crippen molar-refractivity contribution in [2.24, 2.45) is 5.92 Å². The molecule has 22 heavy (non-hydrogen) atoms. The van der Waals surface area contributed by atoms with Crippen LogP contribution in [0.4, 0.5) is 4.79 Å². The van der Waals surface area contributed by atoms with Crippen molar-refractivity contribution >= 4 is 17.7 Å². The molecule has 0 amide bonds. The van der Waals surface area contributed by atoms with Crippen molar-refractivity contribution in [3.63, 3.8) is 0 Å². The van der Waals surface area contributed by atoms with E-state index in [4.69, 9.17) is 4.74 Å². The van der Waals surface area contributed by atoms with E-state index in [0.717, 1.165) is 23.3 Å². The molecule has 0 aliphatic rings. The van der Waals surface area contributed by atoms with E-state index in [1.807, 2.05) is 37.3 Å². The highest BCUT2D eigenvalue weighted by molar-refractivity contribution is 5.83. The van der Waals surface area contributed by atoms with Crippen molar-refractivity contribution in [1.29, 1.82) is 0 Å². The zero-order valence-corrected chi connectivity index (χ0v) is 13.4. The molecule has 5 nitrogen and oxygen atoms in total. The van der Waals surface area contributed by atoms with Gasteiger partial charge in [-0.3, -0.25) is 4.79 Å². The van der Waals surface area contributed by atoms with Gasteiger partial charge in [0, 0.05) is 0 Å². The minimum absolute atomic E-state index is 0.418. The van der Waals surface area contributed by atoms with E-state index in [0.29, 0.717) is 6.42 Å². The normalized spacial score (nSPS) is 12.5. The molecule has 1 unspecified atom stereocenters. The van der Waals surface area contributed by atoms with Gasteiger partial charge < -0.3 is 14.2 Å². The van der Waals surface area contributed by atoms with E-state index in [-0.39, 0.29) is 0 Å². The maximum atomic E-state index is 11.7. The third-order valence-electron chi connectivity index (χ3n) is 3.31. The number of carbonyl (C=O) groups is 2. The largest absolute Gasteiger partial charge is 0.515 e. The molecule has 5 heteroatoms. The minimum Gasteiger partial charge on any atom is -0.497 e. The molecule has 0 saturated carbocycles. The summed E-state index contributed by atoms with van der Waals surface area (Å²) < 4.78 is 14.0. The topological polar surface area (TPSA) is 61.8 Å². The molecule has 1 rings (SSSR count). The first kappa shape index (κ1) is 17.8. The third-order valence-corrected chi connectivity index (χ3v) is 3.31. The van der Waals surface area contributed by atoms with Gasteiger partial charge in [0.05, 0.1) is 20.1 Å². The average Bonchev–Trinajstić information content (AvgIpc) is 2.55. The molecule has 1 atom stereocenters. The smallest absolute Gasteiger partial charge is 0.497 e. The summed E-state index contributed by atoms with van der Waals surface area (Å²) >= 11 is 0. The lowest BCUT2D eigenvalue weighted by Crippen LogP contribution is -2.18. The number of hydrogen-bond donors (Lipinski definition) is 0. The van der Waals surface area contributed by atoms with Crippen LogP contribution in [0.3, 0.4) is 0 Å². The predicted octanol–water partition coefficient (Wildman–Crippen LogP) is 3.82. The van der Waals surface area contributed by atoms with Crippen LogP contribution in [0.5, 0.6) is 5.75 Å². The Bertz CT molecular complexity index is 530. The molecule has 1 aromatic carbocycles. The Hall–Kier alpha value is -2.30. The van der Waals surface area contributed by atoms with E-state index in [9.17, 15) is 9.59 Å². The number of hydrogen-bond acceptors (Lipinski definition) is 5. The van der Waals surface area contributed by atoms with Crippen molar-refractivity contribution in [3.8, 4) is 5.75 Å². The van der Waals surface area contributed by atoms with Crippen LogP contribution >= 0.6 is 0 Å². The van der Waals surface area contributed by atoms with Gasteiger partial charge in [0.2, 0.25) is 0 Å². The summed E-state index contributed by atoms with van der Waals surface area (Å²) in [7, 11) is 2.79. The Kier molecular flexibility index (Phi) is 7.16. The molecule has 0 aromatic heterocycles. The van der Waals surface area contributed by atoms with Gasteiger partial charge in [-0.15, -0.1) is 0 Å². The van der Waals surface area contributed by atoms with Crippen LogP contribution in [0, 0.1) is 5.92 Å². The van der Waals surface area contributed by atoms with E-state index in [2.05, 4.69) is 9.47 Å². The highest BCUT2D eigenvalue weighted by Crippen LogP contribution is 2.23. The van der Waals surface area contributed by atoms with Gasteiger partial charge >= 0.3 is 12.1 Å². The second-order valence-electron chi connectivity index (χ2n) is 4.82. The van der Waals surface area contributed by atoms with E-state index in [1.165, 1.54) is 7.11 Å². The molecular weight excluding hydrogens is 284 g/mol. The first-order valence-electron chi connectivity index (χ1n) is 7.14. The van der Waals surface area contributed by atoms with Gasteiger partial charge in [0.15, 0.2) is 0 Å². The Labute approximate surface area is 130 Å². The second-order valence-corrected chi connectivity index (χ2v) is 4.82. The summed E-state index contributed by atoms with van der Waals surface area (Å²) in [4.78, 5) is 22.6. The maximum absolute atomic E-state index is 11.7. The number of benzene rings is 1. The summed E-state index contributed by atoms with van der Waals surface area (Å²) in [6.45, 7) is 3.76. The fourth-order valence-corrected chi connectivity index (χ4v) is 1.91. The minimum atomic E-state index is -0.980. The van der Waals surface area contributed by atoms with Gasteiger partial charge in [0.1, 0.15) is 5.75 Å². The first-order valence-corrected chi connectivity index (χ1v) is 7.14. The van der Waals surface area contributed by atoms with Gasteiger partial charge in [-0.25, -0.2) is 4.79 Å². The molecule has 0 spiro atoms. The lowest BCUT2D eigenvalue weighted by atomic mass is 9.99.